The standard InChI is InChI=1S/C11H12N2/c1-2-8-12-13-9-7-10-5-3-4-6-11(10)13/h2-7,9,12H,1,8H2. The van der Waals surface area contributed by atoms with Gasteiger partial charge in [0.2, 0.25) is 0 Å². The van der Waals surface area contributed by atoms with E-state index in [1.807, 2.05) is 29.1 Å². The summed E-state index contributed by atoms with van der Waals surface area (Å²) in [6.07, 6.45) is 3.86. The number of fused-ring (bicyclic) bond motifs is 1. The van der Waals surface area contributed by atoms with Crippen molar-refractivity contribution in [3.05, 3.63) is 49.2 Å². The van der Waals surface area contributed by atoms with Crippen molar-refractivity contribution < 1.29 is 0 Å². The Bertz CT molecular complexity index is 415. The lowest BCUT2D eigenvalue weighted by Gasteiger charge is -2.05. The fourth-order valence-electron chi connectivity index (χ4n) is 1.38. The lowest BCUT2D eigenvalue weighted by atomic mass is 10.3. The number of nitrogens with zero attached hydrogens (tertiary/aromatic N) is 1. The smallest absolute Gasteiger partial charge is 0.0692 e. The van der Waals surface area contributed by atoms with Crippen molar-refractivity contribution in [3.63, 3.8) is 0 Å². The molecule has 0 saturated carbocycles. The fraction of sp³-hybridized carbons (Fsp3) is 0.0909. The maximum absolute atomic E-state index is 3.66. The Morgan fingerprint density at radius 2 is 2.15 bits per heavy atom. The second-order valence-electron chi connectivity index (χ2n) is 2.90. The van der Waals surface area contributed by atoms with E-state index in [0.717, 1.165) is 6.54 Å². The van der Waals surface area contributed by atoms with E-state index in [4.69, 9.17) is 0 Å². The maximum Gasteiger partial charge on any atom is 0.0692 e. The number of benzene rings is 1. The van der Waals surface area contributed by atoms with Crippen LogP contribution in [0.2, 0.25) is 0 Å². The first kappa shape index (κ1) is 7.92. The third-order valence-corrected chi connectivity index (χ3v) is 2.01. The average molecular weight is 172 g/mol. The number of aromatic nitrogens is 1. The van der Waals surface area contributed by atoms with Gasteiger partial charge >= 0.3 is 0 Å². The number of hydrogen-bond acceptors (Lipinski definition) is 1. The Morgan fingerprint density at radius 3 is 3.00 bits per heavy atom. The first-order valence-electron chi connectivity index (χ1n) is 4.32. The molecule has 66 valence electrons. The average Bonchev–Trinajstić information content (AvgIpc) is 2.58. The Kier molecular flexibility index (Phi) is 2.04. The summed E-state index contributed by atoms with van der Waals surface area (Å²) in [5.41, 5.74) is 4.41. The van der Waals surface area contributed by atoms with E-state index < -0.39 is 0 Å². The molecule has 0 spiro atoms. The third-order valence-electron chi connectivity index (χ3n) is 2.01. The van der Waals surface area contributed by atoms with E-state index in [-0.39, 0.29) is 0 Å². The highest BCUT2D eigenvalue weighted by atomic mass is 15.4. The Morgan fingerprint density at radius 1 is 1.31 bits per heavy atom. The molecule has 1 heterocycles. The molecule has 13 heavy (non-hydrogen) atoms. The van der Waals surface area contributed by atoms with E-state index >= 15 is 0 Å². The minimum Gasteiger partial charge on any atom is -0.322 e. The van der Waals surface area contributed by atoms with Crippen LogP contribution >= 0.6 is 0 Å². The van der Waals surface area contributed by atoms with Crippen molar-refractivity contribution in [1.29, 1.82) is 0 Å². The van der Waals surface area contributed by atoms with Crippen LogP contribution in [0.3, 0.4) is 0 Å². The summed E-state index contributed by atoms with van der Waals surface area (Å²) in [5, 5.41) is 1.25. The topological polar surface area (TPSA) is 17.0 Å². The lowest BCUT2D eigenvalue weighted by Crippen LogP contribution is -2.12. The van der Waals surface area contributed by atoms with E-state index in [1.165, 1.54) is 10.9 Å². The minimum absolute atomic E-state index is 0.776. The van der Waals surface area contributed by atoms with Crippen LogP contribution in [0.25, 0.3) is 10.9 Å². The zero-order chi connectivity index (χ0) is 9.10. The summed E-state index contributed by atoms with van der Waals surface area (Å²) in [7, 11) is 0. The van der Waals surface area contributed by atoms with Gasteiger partial charge in [-0.1, -0.05) is 24.3 Å². The molecule has 0 bridgehead atoms. The molecule has 2 nitrogen and oxygen atoms in total. The SMILES string of the molecule is C=CCNn1ccc2ccccc21. The number of nitrogens with one attached hydrogen (secondary N) is 1. The van der Waals surface area contributed by atoms with Gasteiger partial charge in [-0.05, 0) is 12.1 Å². The number of hydrogen-bond donors (Lipinski definition) is 1. The largest absolute Gasteiger partial charge is 0.322 e. The molecule has 0 aliphatic heterocycles. The molecule has 0 amide bonds. The normalized spacial score (nSPS) is 10.2. The van der Waals surface area contributed by atoms with Crippen LogP contribution in [0.4, 0.5) is 0 Å². The molecular weight excluding hydrogens is 160 g/mol. The van der Waals surface area contributed by atoms with Crippen LogP contribution in [0.1, 0.15) is 0 Å². The number of rotatable bonds is 3. The van der Waals surface area contributed by atoms with Gasteiger partial charge in [0.05, 0.1) is 5.52 Å². The van der Waals surface area contributed by atoms with Gasteiger partial charge in [0.15, 0.2) is 0 Å². The van der Waals surface area contributed by atoms with E-state index in [0.29, 0.717) is 0 Å². The van der Waals surface area contributed by atoms with Gasteiger partial charge in [-0.2, -0.15) is 0 Å². The van der Waals surface area contributed by atoms with Crippen molar-refractivity contribution in [2.24, 2.45) is 0 Å². The molecule has 2 aromatic rings. The molecule has 2 heteroatoms. The maximum atomic E-state index is 3.66. The van der Waals surface area contributed by atoms with Gasteiger partial charge < -0.3 is 5.43 Å². The predicted molar refractivity (Wildman–Crippen MR) is 56.4 cm³/mol. The van der Waals surface area contributed by atoms with Crippen LogP contribution in [-0.2, 0) is 0 Å². The Labute approximate surface area is 77.5 Å². The predicted octanol–water partition coefficient (Wildman–Crippen LogP) is 2.37. The highest BCUT2D eigenvalue weighted by Crippen LogP contribution is 2.12. The second-order valence-corrected chi connectivity index (χ2v) is 2.90. The monoisotopic (exact) mass is 172 g/mol. The van der Waals surface area contributed by atoms with Crippen LogP contribution in [-0.4, -0.2) is 11.2 Å². The molecule has 1 N–H and O–H groups in total. The molecule has 0 fully saturated rings. The molecule has 0 saturated heterocycles. The van der Waals surface area contributed by atoms with Crippen LogP contribution in [0, 0.1) is 0 Å². The minimum atomic E-state index is 0.776. The first-order chi connectivity index (χ1) is 6.42. The zero-order valence-corrected chi connectivity index (χ0v) is 7.40. The highest BCUT2D eigenvalue weighted by molar-refractivity contribution is 5.80. The van der Waals surface area contributed by atoms with Gasteiger partial charge in [-0.15, -0.1) is 6.58 Å². The lowest BCUT2D eigenvalue weighted by molar-refractivity contribution is 0.933. The van der Waals surface area contributed by atoms with Crippen molar-refractivity contribution in [3.8, 4) is 0 Å². The van der Waals surface area contributed by atoms with Gasteiger partial charge in [0, 0.05) is 18.1 Å². The van der Waals surface area contributed by atoms with Gasteiger partial charge in [-0.25, -0.2) is 0 Å². The van der Waals surface area contributed by atoms with Crippen molar-refractivity contribution in [1.82, 2.24) is 4.68 Å². The molecule has 2 rings (SSSR count). The summed E-state index contributed by atoms with van der Waals surface area (Å²) < 4.78 is 2.01. The molecule has 0 unspecified atom stereocenters. The molecule has 0 aliphatic carbocycles. The zero-order valence-electron chi connectivity index (χ0n) is 7.40. The van der Waals surface area contributed by atoms with E-state index in [1.54, 1.807) is 0 Å². The van der Waals surface area contributed by atoms with Crippen molar-refractivity contribution in [2.45, 2.75) is 0 Å². The van der Waals surface area contributed by atoms with Gasteiger partial charge in [0.1, 0.15) is 0 Å². The summed E-state index contributed by atoms with van der Waals surface area (Å²) in [6, 6.07) is 10.4. The summed E-state index contributed by atoms with van der Waals surface area (Å²) in [6.45, 7) is 4.44. The summed E-state index contributed by atoms with van der Waals surface area (Å²) >= 11 is 0. The fourth-order valence-corrected chi connectivity index (χ4v) is 1.38. The molecule has 1 aromatic carbocycles. The van der Waals surface area contributed by atoms with Gasteiger partial charge in [-0.3, -0.25) is 4.68 Å². The van der Waals surface area contributed by atoms with Gasteiger partial charge in [0.25, 0.3) is 0 Å². The van der Waals surface area contributed by atoms with E-state index in [2.05, 4.69) is 30.2 Å². The summed E-state index contributed by atoms with van der Waals surface area (Å²) in [4.78, 5) is 0. The van der Waals surface area contributed by atoms with Crippen molar-refractivity contribution in [2.75, 3.05) is 12.0 Å². The number of para-hydroxylation sites is 1. The van der Waals surface area contributed by atoms with Crippen LogP contribution in [0.5, 0.6) is 0 Å². The Balaban J connectivity index is 2.40. The Hall–Kier alpha value is -1.70. The van der Waals surface area contributed by atoms with Crippen LogP contribution < -0.4 is 5.43 Å². The molecule has 0 radical (unpaired) electrons. The molecule has 0 aliphatic rings. The van der Waals surface area contributed by atoms with Crippen LogP contribution in [0.15, 0.2) is 49.2 Å². The van der Waals surface area contributed by atoms with Crippen molar-refractivity contribution >= 4 is 10.9 Å². The molecular formula is C11H12N2. The first-order valence-corrected chi connectivity index (χ1v) is 4.32. The quantitative estimate of drug-likeness (QED) is 0.703. The summed E-state index contributed by atoms with van der Waals surface area (Å²) in [5.74, 6) is 0. The van der Waals surface area contributed by atoms with E-state index in [9.17, 15) is 0 Å². The second kappa shape index (κ2) is 3.35. The third kappa shape index (κ3) is 1.43. The molecule has 1 aromatic heterocycles. The highest BCUT2D eigenvalue weighted by Gasteiger charge is 1.96. The molecule has 0 atom stereocenters.